The fraction of sp³-hybridized carbons (Fsp3) is 0.500. The van der Waals surface area contributed by atoms with Crippen LogP contribution in [0.2, 0.25) is 0 Å². The second kappa shape index (κ2) is 4.96. The first-order valence-corrected chi connectivity index (χ1v) is 6.08. The average Bonchev–Trinajstić information content (AvgIpc) is 3.12. The van der Waals surface area contributed by atoms with E-state index in [0.29, 0.717) is 17.2 Å². The molecule has 1 unspecified atom stereocenters. The third-order valence-corrected chi connectivity index (χ3v) is 3.50. The number of halogens is 1. The molecule has 1 atom stereocenters. The van der Waals surface area contributed by atoms with Crippen molar-refractivity contribution in [3.8, 4) is 5.75 Å². The van der Waals surface area contributed by atoms with Gasteiger partial charge in [-0.3, -0.25) is 4.79 Å². The van der Waals surface area contributed by atoms with Gasteiger partial charge in [0.2, 0.25) is 0 Å². The van der Waals surface area contributed by atoms with E-state index in [4.69, 9.17) is 9.84 Å². The summed E-state index contributed by atoms with van der Waals surface area (Å²) >= 11 is 0. The van der Waals surface area contributed by atoms with E-state index in [2.05, 4.69) is 0 Å². The van der Waals surface area contributed by atoms with Crippen LogP contribution >= 0.6 is 0 Å². The van der Waals surface area contributed by atoms with E-state index in [1.165, 1.54) is 13.2 Å². The van der Waals surface area contributed by atoms with E-state index < -0.39 is 5.97 Å². The molecular weight excluding hydrogens is 235 g/mol. The molecular formula is C14H17FO3. The Bertz CT molecular complexity index is 466. The van der Waals surface area contributed by atoms with Crippen molar-refractivity contribution >= 4 is 5.97 Å². The predicted molar refractivity (Wildman–Crippen MR) is 65.4 cm³/mol. The van der Waals surface area contributed by atoms with Gasteiger partial charge in [-0.05, 0) is 42.9 Å². The van der Waals surface area contributed by atoms with E-state index in [0.717, 1.165) is 18.4 Å². The summed E-state index contributed by atoms with van der Waals surface area (Å²) in [6, 6.07) is 3.07. The molecule has 3 nitrogen and oxygen atoms in total. The molecule has 1 aliphatic carbocycles. The first-order valence-electron chi connectivity index (χ1n) is 6.08. The van der Waals surface area contributed by atoms with Gasteiger partial charge in [0.25, 0.3) is 0 Å². The summed E-state index contributed by atoms with van der Waals surface area (Å²) in [4.78, 5) is 10.9. The zero-order chi connectivity index (χ0) is 13.3. The van der Waals surface area contributed by atoms with Crippen LogP contribution in [0.1, 0.15) is 36.3 Å². The van der Waals surface area contributed by atoms with Gasteiger partial charge in [-0.2, -0.15) is 0 Å². The third-order valence-electron chi connectivity index (χ3n) is 3.50. The number of rotatable bonds is 5. The molecule has 98 valence electrons. The van der Waals surface area contributed by atoms with Crippen LogP contribution in [-0.2, 0) is 4.79 Å². The summed E-state index contributed by atoms with van der Waals surface area (Å²) in [7, 11) is 1.50. The van der Waals surface area contributed by atoms with Crippen LogP contribution in [0.15, 0.2) is 12.1 Å². The number of aliphatic carboxylic acids is 1. The number of carbonyl (C=O) groups is 1. The summed E-state index contributed by atoms with van der Waals surface area (Å²) in [5, 5.41) is 8.94. The van der Waals surface area contributed by atoms with Crippen molar-refractivity contribution in [1.82, 2.24) is 0 Å². The lowest BCUT2D eigenvalue weighted by Gasteiger charge is -2.17. The summed E-state index contributed by atoms with van der Waals surface area (Å²) in [6.45, 7) is 1.84. The maximum absolute atomic E-state index is 14.0. The third kappa shape index (κ3) is 2.63. The molecule has 1 aliphatic rings. The van der Waals surface area contributed by atoms with Crippen molar-refractivity contribution in [2.45, 2.75) is 32.1 Å². The molecule has 0 amide bonds. The Morgan fingerprint density at radius 2 is 2.22 bits per heavy atom. The highest BCUT2D eigenvalue weighted by Gasteiger charge is 2.35. The molecule has 0 radical (unpaired) electrons. The van der Waals surface area contributed by atoms with Crippen LogP contribution in [0.4, 0.5) is 4.39 Å². The Hall–Kier alpha value is -1.58. The molecule has 1 aromatic rings. The predicted octanol–water partition coefficient (Wildman–Crippen LogP) is 3.11. The van der Waals surface area contributed by atoms with Gasteiger partial charge in [-0.1, -0.05) is 0 Å². The number of ether oxygens (including phenoxy) is 1. The zero-order valence-electron chi connectivity index (χ0n) is 10.6. The molecule has 1 aromatic carbocycles. The van der Waals surface area contributed by atoms with Crippen molar-refractivity contribution in [3.63, 3.8) is 0 Å². The Morgan fingerprint density at radius 3 is 2.72 bits per heavy atom. The van der Waals surface area contributed by atoms with Crippen molar-refractivity contribution < 1.29 is 19.0 Å². The average molecular weight is 252 g/mol. The maximum atomic E-state index is 14.0. The Kier molecular flexibility index (Phi) is 3.55. The number of hydrogen-bond donors (Lipinski definition) is 1. The van der Waals surface area contributed by atoms with Gasteiger partial charge in [-0.25, -0.2) is 4.39 Å². The minimum atomic E-state index is -0.875. The summed E-state index contributed by atoms with van der Waals surface area (Å²) in [5.74, 6) is -0.646. The Morgan fingerprint density at radius 1 is 1.56 bits per heavy atom. The fourth-order valence-electron chi connectivity index (χ4n) is 2.41. The summed E-state index contributed by atoms with van der Waals surface area (Å²) in [6.07, 6.45) is 1.97. The number of benzene rings is 1. The highest BCUT2D eigenvalue weighted by atomic mass is 19.1. The van der Waals surface area contributed by atoms with Gasteiger partial charge in [0.1, 0.15) is 11.6 Å². The van der Waals surface area contributed by atoms with E-state index >= 15 is 0 Å². The molecule has 0 heterocycles. The second-order valence-electron chi connectivity index (χ2n) is 4.89. The number of aryl methyl sites for hydroxylation is 1. The van der Waals surface area contributed by atoms with E-state index in [9.17, 15) is 9.18 Å². The van der Waals surface area contributed by atoms with Crippen LogP contribution in [-0.4, -0.2) is 18.2 Å². The van der Waals surface area contributed by atoms with E-state index in [1.54, 1.807) is 6.07 Å². The molecule has 18 heavy (non-hydrogen) atoms. The molecule has 0 aliphatic heterocycles. The minimum Gasteiger partial charge on any atom is -0.496 e. The van der Waals surface area contributed by atoms with Crippen LogP contribution in [0.25, 0.3) is 0 Å². The minimum absolute atomic E-state index is 0.00659. The largest absolute Gasteiger partial charge is 0.496 e. The molecule has 0 aromatic heterocycles. The second-order valence-corrected chi connectivity index (χ2v) is 4.89. The smallest absolute Gasteiger partial charge is 0.303 e. The Labute approximate surface area is 106 Å². The molecule has 1 fully saturated rings. The number of carboxylic acid groups (broad SMARTS) is 1. The van der Waals surface area contributed by atoms with Crippen LogP contribution < -0.4 is 4.74 Å². The maximum Gasteiger partial charge on any atom is 0.303 e. The SMILES string of the molecule is COc1cc(F)c(C(CC(=O)O)C2CC2)cc1C. The molecule has 0 spiro atoms. The number of methoxy groups -OCH3 is 1. The van der Waals surface area contributed by atoms with Gasteiger partial charge >= 0.3 is 5.97 Å². The molecule has 0 bridgehead atoms. The molecule has 4 heteroatoms. The van der Waals surface area contributed by atoms with Gasteiger partial charge < -0.3 is 9.84 Å². The first kappa shape index (κ1) is 12.9. The van der Waals surface area contributed by atoms with Crippen LogP contribution in [0.3, 0.4) is 0 Å². The highest BCUT2D eigenvalue weighted by molar-refractivity contribution is 5.68. The lowest BCUT2D eigenvalue weighted by molar-refractivity contribution is -0.137. The number of hydrogen-bond acceptors (Lipinski definition) is 2. The van der Waals surface area contributed by atoms with Crippen molar-refractivity contribution in [2.75, 3.05) is 7.11 Å². The first-order chi connectivity index (χ1) is 8.52. The number of carboxylic acids is 1. The molecule has 2 rings (SSSR count). The van der Waals surface area contributed by atoms with Gasteiger partial charge in [0, 0.05) is 12.0 Å². The molecule has 1 N–H and O–H groups in total. The lowest BCUT2D eigenvalue weighted by atomic mass is 9.89. The van der Waals surface area contributed by atoms with Crippen LogP contribution in [0, 0.1) is 18.7 Å². The Balaban J connectivity index is 2.35. The summed E-state index contributed by atoms with van der Waals surface area (Å²) < 4.78 is 19.1. The quantitative estimate of drug-likeness (QED) is 0.875. The van der Waals surface area contributed by atoms with Gasteiger partial charge in [-0.15, -0.1) is 0 Å². The standard InChI is InChI=1S/C14H17FO3/c1-8-5-11(12(15)7-13(8)18-2)10(6-14(16)17)9-3-4-9/h5,7,9-10H,3-4,6H2,1-2H3,(H,16,17). The molecule has 1 saturated carbocycles. The topological polar surface area (TPSA) is 46.5 Å². The van der Waals surface area contributed by atoms with Crippen molar-refractivity contribution in [2.24, 2.45) is 5.92 Å². The van der Waals surface area contributed by atoms with Gasteiger partial charge in [0.05, 0.1) is 13.5 Å². The van der Waals surface area contributed by atoms with Crippen LogP contribution in [0.5, 0.6) is 5.75 Å². The molecule has 0 saturated heterocycles. The van der Waals surface area contributed by atoms with Gasteiger partial charge in [0.15, 0.2) is 0 Å². The van der Waals surface area contributed by atoms with E-state index in [-0.39, 0.29) is 18.2 Å². The summed E-state index contributed by atoms with van der Waals surface area (Å²) in [5.41, 5.74) is 1.35. The fourth-order valence-corrected chi connectivity index (χ4v) is 2.41. The van der Waals surface area contributed by atoms with Crippen molar-refractivity contribution in [1.29, 1.82) is 0 Å². The zero-order valence-corrected chi connectivity index (χ0v) is 10.6. The van der Waals surface area contributed by atoms with E-state index in [1.807, 2.05) is 6.92 Å². The monoisotopic (exact) mass is 252 g/mol. The van der Waals surface area contributed by atoms with Crippen molar-refractivity contribution in [3.05, 3.63) is 29.1 Å². The normalized spacial score (nSPS) is 16.4. The lowest BCUT2D eigenvalue weighted by Crippen LogP contribution is -2.10. The highest BCUT2D eigenvalue weighted by Crippen LogP contribution is 2.45.